The van der Waals surface area contributed by atoms with Crippen molar-refractivity contribution in [3.05, 3.63) is 29.1 Å². The van der Waals surface area contributed by atoms with Gasteiger partial charge in [0.2, 0.25) is 10.0 Å². The van der Waals surface area contributed by atoms with Crippen LogP contribution in [0, 0.1) is 0 Å². The van der Waals surface area contributed by atoms with E-state index in [0.717, 1.165) is 4.70 Å². The smallest absolute Gasteiger partial charge is 0.348 e. The van der Waals surface area contributed by atoms with Crippen LogP contribution in [0.4, 0.5) is 0 Å². The lowest BCUT2D eigenvalue weighted by Crippen LogP contribution is -2.37. The molecular weight excluding hydrogens is 360 g/mol. The van der Waals surface area contributed by atoms with E-state index in [-0.39, 0.29) is 29.9 Å². The summed E-state index contributed by atoms with van der Waals surface area (Å²) in [6.45, 7) is 3.94. The van der Waals surface area contributed by atoms with E-state index in [1.807, 2.05) is 0 Å². The summed E-state index contributed by atoms with van der Waals surface area (Å²) in [4.78, 5) is 12.3. The summed E-state index contributed by atoms with van der Waals surface area (Å²) in [7, 11) is -3.63. The van der Waals surface area contributed by atoms with E-state index in [0.29, 0.717) is 16.9 Å². The maximum Gasteiger partial charge on any atom is 0.348 e. The first-order chi connectivity index (χ1) is 10.4. The van der Waals surface area contributed by atoms with Crippen LogP contribution in [-0.4, -0.2) is 33.6 Å². The first-order valence-corrected chi connectivity index (χ1v) is 9.10. The monoisotopic (exact) mass is 378 g/mol. The van der Waals surface area contributed by atoms with Crippen LogP contribution in [0.3, 0.4) is 0 Å². The van der Waals surface area contributed by atoms with Crippen molar-refractivity contribution in [2.24, 2.45) is 5.73 Å². The van der Waals surface area contributed by atoms with E-state index in [2.05, 4.69) is 4.72 Å². The Hall–Kier alpha value is -1.19. The van der Waals surface area contributed by atoms with Crippen LogP contribution in [0.5, 0.6) is 0 Å². The summed E-state index contributed by atoms with van der Waals surface area (Å²) >= 11 is 1.27. The quantitative estimate of drug-likeness (QED) is 0.750. The van der Waals surface area contributed by atoms with E-state index < -0.39 is 16.0 Å². The van der Waals surface area contributed by atoms with Gasteiger partial charge in [-0.3, -0.25) is 0 Å². The van der Waals surface area contributed by atoms with Crippen LogP contribution in [0.1, 0.15) is 23.5 Å². The Bertz CT molecular complexity index is 789. The van der Waals surface area contributed by atoms with Crippen molar-refractivity contribution in [2.45, 2.75) is 24.8 Å². The first-order valence-electron chi connectivity index (χ1n) is 6.80. The van der Waals surface area contributed by atoms with Crippen LogP contribution < -0.4 is 10.5 Å². The van der Waals surface area contributed by atoms with Gasteiger partial charge in [-0.15, -0.1) is 23.7 Å². The highest BCUT2D eigenvalue weighted by atomic mass is 35.5. The Kier molecular flexibility index (Phi) is 6.97. The lowest BCUT2D eigenvalue weighted by Gasteiger charge is -2.11. The van der Waals surface area contributed by atoms with Crippen molar-refractivity contribution >= 4 is 49.8 Å². The minimum atomic E-state index is -3.63. The van der Waals surface area contributed by atoms with Gasteiger partial charge in [-0.25, -0.2) is 17.9 Å². The molecule has 0 radical (unpaired) electrons. The van der Waals surface area contributed by atoms with Crippen molar-refractivity contribution in [3.63, 3.8) is 0 Å². The molecule has 1 atom stereocenters. The van der Waals surface area contributed by atoms with Gasteiger partial charge in [0.15, 0.2) is 0 Å². The van der Waals surface area contributed by atoms with Gasteiger partial charge in [0, 0.05) is 17.3 Å². The van der Waals surface area contributed by atoms with E-state index in [4.69, 9.17) is 10.5 Å². The minimum absolute atomic E-state index is 0. The first kappa shape index (κ1) is 19.9. The number of carbonyl (C=O) groups excluding carboxylic acids is 1. The van der Waals surface area contributed by atoms with Gasteiger partial charge in [0.25, 0.3) is 0 Å². The van der Waals surface area contributed by atoms with Crippen molar-refractivity contribution in [3.8, 4) is 0 Å². The molecule has 1 aromatic heterocycles. The zero-order valence-electron chi connectivity index (χ0n) is 12.7. The number of ether oxygens (including phenoxy) is 1. The molecule has 0 fully saturated rings. The molecule has 0 spiro atoms. The summed E-state index contributed by atoms with van der Waals surface area (Å²) in [6, 6.07) is 6.03. The number of nitrogens with one attached hydrogen (secondary N) is 1. The molecule has 0 saturated heterocycles. The number of esters is 1. The molecule has 0 unspecified atom stereocenters. The maximum absolute atomic E-state index is 12.2. The lowest BCUT2D eigenvalue weighted by molar-refractivity contribution is 0.0532. The zero-order chi connectivity index (χ0) is 16.3. The highest BCUT2D eigenvalue weighted by Gasteiger charge is 2.18. The summed E-state index contributed by atoms with van der Waals surface area (Å²) < 4.78 is 32.7. The number of hydrogen-bond donors (Lipinski definition) is 2. The third kappa shape index (κ3) is 4.65. The normalized spacial score (nSPS) is 12.7. The zero-order valence-corrected chi connectivity index (χ0v) is 15.2. The molecule has 1 heterocycles. The van der Waals surface area contributed by atoms with E-state index in [1.54, 1.807) is 32.0 Å². The Labute approximate surface area is 145 Å². The van der Waals surface area contributed by atoms with Gasteiger partial charge in [0.05, 0.1) is 11.5 Å². The average molecular weight is 379 g/mol. The molecule has 6 nitrogen and oxygen atoms in total. The number of carbonyl (C=O) groups is 1. The van der Waals surface area contributed by atoms with Gasteiger partial charge in [-0.1, -0.05) is 0 Å². The molecular formula is C14H19ClN2O4S2. The third-order valence-corrected chi connectivity index (χ3v) is 5.67. The molecule has 3 N–H and O–H groups in total. The molecule has 9 heteroatoms. The van der Waals surface area contributed by atoms with Crippen molar-refractivity contribution < 1.29 is 17.9 Å². The summed E-state index contributed by atoms with van der Waals surface area (Å²) in [5.41, 5.74) is 5.44. The van der Waals surface area contributed by atoms with Gasteiger partial charge >= 0.3 is 5.97 Å². The molecule has 128 valence electrons. The Morgan fingerprint density at radius 3 is 2.70 bits per heavy atom. The predicted octanol–water partition coefficient (Wildman–Crippen LogP) is 2.13. The molecule has 0 aliphatic heterocycles. The Balaban J connectivity index is 0.00000264. The van der Waals surface area contributed by atoms with Crippen LogP contribution >= 0.6 is 23.7 Å². The van der Waals surface area contributed by atoms with Gasteiger partial charge in [-0.05, 0) is 43.5 Å². The highest BCUT2D eigenvalue weighted by Crippen LogP contribution is 2.28. The molecule has 1 aromatic carbocycles. The molecule has 0 aliphatic carbocycles. The maximum atomic E-state index is 12.2. The summed E-state index contributed by atoms with van der Waals surface area (Å²) in [5.74, 6) is -0.400. The topological polar surface area (TPSA) is 98.5 Å². The molecule has 0 saturated carbocycles. The molecule has 0 aliphatic rings. The largest absolute Gasteiger partial charge is 0.462 e. The number of halogens is 1. The highest BCUT2D eigenvalue weighted by molar-refractivity contribution is 7.89. The van der Waals surface area contributed by atoms with Crippen molar-refractivity contribution in [2.75, 3.05) is 13.2 Å². The lowest BCUT2D eigenvalue weighted by atomic mass is 10.2. The van der Waals surface area contributed by atoms with E-state index in [9.17, 15) is 13.2 Å². The second kappa shape index (κ2) is 8.07. The average Bonchev–Trinajstić information content (AvgIpc) is 2.90. The number of hydrogen-bond acceptors (Lipinski definition) is 6. The number of sulfonamides is 1. The molecule has 2 rings (SSSR count). The fraction of sp³-hybridized carbons (Fsp3) is 0.357. The molecule has 0 bridgehead atoms. The van der Waals surface area contributed by atoms with E-state index in [1.165, 1.54) is 17.4 Å². The number of thiophene rings is 1. The number of rotatable bonds is 6. The Morgan fingerprint density at radius 2 is 2.09 bits per heavy atom. The fourth-order valence-electron chi connectivity index (χ4n) is 1.87. The number of benzene rings is 1. The molecule has 0 amide bonds. The second-order valence-electron chi connectivity index (χ2n) is 4.79. The van der Waals surface area contributed by atoms with Gasteiger partial charge in [-0.2, -0.15) is 0 Å². The minimum Gasteiger partial charge on any atom is -0.462 e. The SMILES string of the molecule is CCOC(=O)c1cc2cc(S(=O)(=O)N[C@H](C)CN)ccc2s1.Cl. The fourth-order valence-corrected chi connectivity index (χ4v) is 4.10. The van der Waals surface area contributed by atoms with Crippen molar-refractivity contribution in [1.82, 2.24) is 4.72 Å². The van der Waals surface area contributed by atoms with Crippen LogP contribution in [0.2, 0.25) is 0 Å². The molecule has 2 aromatic rings. The number of fused-ring (bicyclic) bond motifs is 1. The Morgan fingerprint density at radius 1 is 1.39 bits per heavy atom. The summed E-state index contributed by atoms with van der Waals surface area (Å²) in [5, 5.41) is 0.691. The second-order valence-corrected chi connectivity index (χ2v) is 7.59. The third-order valence-electron chi connectivity index (χ3n) is 2.98. The van der Waals surface area contributed by atoms with E-state index >= 15 is 0 Å². The predicted molar refractivity (Wildman–Crippen MR) is 93.9 cm³/mol. The van der Waals surface area contributed by atoms with Crippen molar-refractivity contribution in [1.29, 1.82) is 0 Å². The standard InChI is InChI=1S/C14H18N2O4S2.ClH/c1-3-20-14(17)13-7-10-6-11(4-5-12(10)21-13)22(18,19)16-9(2)8-15;/h4-7,9,16H,3,8,15H2,1-2H3;1H/t9-;/m1./s1. The van der Waals surface area contributed by atoms with Crippen LogP contribution in [0.15, 0.2) is 29.2 Å². The van der Waals surface area contributed by atoms with Gasteiger partial charge < -0.3 is 10.5 Å². The summed E-state index contributed by atoms with van der Waals surface area (Å²) in [6.07, 6.45) is 0. The van der Waals surface area contributed by atoms with Crippen LogP contribution in [-0.2, 0) is 14.8 Å². The molecule has 23 heavy (non-hydrogen) atoms. The number of nitrogens with two attached hydrogens (primary N) is 1. The van der Waals surface area contributed by atoms with Gasteiger partial charge in [0.1, 0.15) is 4.88 Å². The van der Waals surface area contributed by atoms with Crippen LogP contribution in [0.25, 0.3) is 10.1 Å².